The number of hydrogen-bond acceptors (Lipinski definition) is 3. The van der Waals surface area contributed by atoms with Crippen molar-refractivity contribution < 1.29 is 9.59 Å². The number of rotatable bonds is 5. The van der Waals surface area contributed by atoms with E-state index in [1.807, 2.05) is 6.92 Å². The number of hydrogen-bond donors (Lipinski definition) is 3. The number of piperidine rings is 1. The summed E-state index contributed by atoms with van der Waals surface area (Å²) < 4.78 is 0. The maximum Gasteiger partial charge on any atom is 0.322 e. The Bertz CT molecular complexity index is 784. The Labute approximate surface area is 196 Å². The average Bonchev–Trinajstić information content (AvgIpc) is 2.93. The number of amides is 3. The Morgan fingerprint density at radius 3 is 2.37 bits per heavy atom. The second kappa shape index (κ2) is 10.5. The van der Waals surface area contributed by atoms with Gasteiger partial charge in [0.1, 0.15) is 5.54 Å². The van der Waals surface area contributed by atoms with Gasteiger partial charge in [-0.1, -0.05) is 29.3 Å². The molecule has 2 heterocycles. The smallest absolute Gasteiger partial charge is 0.322 e. The largest absolute Gasteiger partial charge is 0.357 e. The van der Waals surface area contributed by atoms with Gasteiger partial charge in [0, 0.05) is 26.2 Å². The van der Waals surface area contributed by atoms with Crippen LogP contribution in [-0.4, -0.2) is 54.5 Å². The molecule has 1 aromatic rings. The third kappa shape index (κ3) is 5.65. The Kier molecular flexibility index (Phi) is 8.52. The van der Waals surface area contributed by atoms with Gasteiger partial charge in [0.25, 0.3) is 5.91 Å². The molecular weight excluding hydrogens is 493 g/mol. The lowest BCUT2D eigenvalue weighted by Crippen LogP contribution is -2.55. The first-order valence-corrected chi connectivity index (χ1v) is 10.6. The van der Waals surface area contributed by atoms with Crippen LogP contribution in [0.5, 0.6) is 0 Å². The van der Waals surface area contributed by atoms with E-state index in [0.717, 1.165) is 51.4 Å². The van der Waals surface area contributed by atoms with E-state index in [1.165, 1.54) is 16.7 Å². The van der Waals surface area contributed by atoms with Crippen LogP contribution in [0.1, 0.15) is 43.4 Å². The topological polar surface area (TPSA) is 85.8 Å². The van der Waals surface area contributed by atoms with E-state index < -0.39 is 5.54 Å². The molecule has 1 atom stereocenters. The van der Waals surface area contributed by atoms with Gasteiger partial charge in [0.05, 0.1) is 0 Å². The Morgan fingerprint density at radius 1 is 1.20 bits per heavy atom. The molecule has 0 aliphatic carbocycles. The van der Waals surface area contributed by atoms with Gasteiger partial charge in [0.2, 0.25) is 0 Å². The van der Waals surface area contributed by atoms with Crippen molar-refractivity contribution in [3.63, 3.8) is 0 Å². The minimum Gasteiger partial charge on any atom is -0.357 e. The van der Waals surface area contributed by atoms with Crippen molar-refractivity contribution in [2.75, 3.05) is 26.2 Å². The summed E-state index contributed by atoms with van der Waals surface area (Å²) in [5.41, 5.74) is 3.09. The summed E-state index contributed by atoms with van der Waals surface area (Å²) >= 11 is 0. The summed E-state index contributed by atoms with van der Waals surface area (Å²) in [6.07, 6.45) is 2.59. The fraction of sp³-hybridized carbons (Fsp3) is 0.591. The third-order valence-corrected chi connectivity index (χ3v) is 5.96. The molecule has 1 aromatic carbocycles. The lowest BCUT2D eigenvalue weighted by molar-refractivity contribution is -0.125. The Hall–Kier alpha value is -1.84. The normalized spacial score (nSPS) is 22.4. The van der Waals surface area contributed by atoms with Crippen LogP contribution >= 0.6 is 24.0 Å². The number of halogens is 1. The molecule has 0 spiro atoms. The first kappa shape index (κ1) is 24.4. The molecule has 3 rings (SSSR count). The molecule has 7 nitrogen and oxygen atoms in total. The summed E-state index contributed by atoms with van der Waals surface area (Å²) in [5.74, 6) is 0.846. The first-order chi connectivity index (χ1) is 13.8. The monoisotopic (exact) mass is 527 g/mol. The van der Waals surface area contributed by atoms with Crippen LogP contribution < -0.4 is 16.0 Å². The van der Waals surface area contributed by atoms with Gasteiger partial charge in [-0.15, -0.1) is 24.0 Å². The molecular formula is C22H34IN5O2. The summed E-state index contributed by atoms with van der Waals surface area (Å²) in [6, 6.07) is 6.25. The van der Waals surface area contributed by atoms with Crippen molar-refractivity contribution >= 4 is 41.9 Å². The van der Waals surface area contributed by atoms with E-state index in [0.29, 0.717) is 0 Å². The van der Waals surface area contributed by atoms with Gasteiger partial charge < -0.3 is 15.5 Å². The molecule has 8 heteroatoms. The highest BCUT2D eigenvalue weighted by atomic mass is 127. The standard InChI is InChI=1S/C22H33N5O2.HI/c1-5-23-20(24-9-6-17-13-15(2)12-16(3)14-17)27-10-7-18(8-11-27)22(4)19(28)25-21(29)26-22;/h12-14,18H,5-11H2,1-4H3,(H,23,24)(H2,25,26,28,29);1H. The van der Waals surface area contributed by atoms with E-state index in [-0.39, 0.29) is 41.8 Å². The molecule has 0 aromatic heterocycles. The van der Waals surface area contributed by atoms with Crippen LogP contribution in [0.3, 0.4) is 0 Å². The Morgan fingerprint density at radius 2 is 1.83 bits per heavy atom. The van der Waals surface area contributed by atoms with E-state index in [2.05, 4.69) is 59.8 Å². The molecule has 3 N–H and O–H groups in total. The van der Waals surface area contributed by atoms with Crippen molar-refractivity contribution in [1.29, 1.82) is 0 Å². The number of urea groups is 1. The van der Waals surface area contributed by atoms with Crippen molar-refractivity contribution in [2.24, 2.45) is 10.9 Å². The van der Waals surface area contributed by atoms with E-state index in [9.17, 15) is 9.59 Å². The van der Waals surface area contributed by atoms with Gasteiger partial charge in [-0.25, -0.2) is 4.79 Å². The molecule has 2 aliphatic rings. The lowest BCUT2D eigenvalue weighted by Gasteiger charge is -2.39. The number of likely N-dealkylation sites (tertiary alicyclic amines) is 1. The van der Waals surface area contributed by atoms with E-state index >= 15 is 0 Å². The highest BCUT2D eigenvalue weighted by molar-refractivity contribution is 14.0. The maximum absolute atomic E-state index is 12.2. The molecule has 166 valence electrons. The second-order valence-electron chi connectivity index (χ2n) is 8.35. The van der Waals surface area contributed by atoms with Crippen molar-refractivity contribution in [3.8, 4) is 0 Å². The zero-order valence-corrected chi connectivity index (χ0v) is 20.7. The number of guanidine groups is 1. The quantitative estimate of drug-likeness (QED) is 0.238. The van der Waals surface area contributed by atoms with Crippen LogP contribution in [0.15, 0.2) is 23.2 Å². The van der Waals surface area contributed by atoms with Crippen LogP contribution in [0.4, 0.5) is 4.79 Å². The van der Waals surface area contributed by atoms with Crippen LogP contribution in [-0.2, 0) is 11.2 Å². The number of aryl methyl sites for hydroxylation is 2. The number of carbonyl (C=O) groups excluding carboxylic acids is 2. The zero-order chi connectivity index (χ0) is 21.0. The number of carbonyl (C=O) groups is 2. The van der Waals surface area contributed by atoms with Crippen LogP contribution in [0.25, 0.3) is 0 Å². The molecule has 1 unspecified atom stereocenters. The molecule has 30 heavy (non-hydrogen) atoms. The van der Waals surface area contributed by atoms with Crippen molar-refractivity contribution in [1.82, 2.24) is 20.9 Å². The highest BCUT2D eigenvalue weighted by Crippen LogP contribution is 2.30. The number of nitrogens with one attached hydrogen (secondary N) is 3. The number of imide groups is 1. The number of benzene rings is 1. The number of aliphatic imine (C=N–C) groups is 1. The molecule has 3 amide bonds. The molecule has 0 saturated carbocycles. The summed E-state index contributed by atoms with van der Waals surface area (Å²) in [7, 11) is 0. The summed E-state index contributed by atoms with van der Waals surface area (Å²) in [6.45, 7) is 11.3. The molecule has 0 radical (unpaired) electrons. The van der Waals surface area contributed by atoms with Gasteiger partial charge >= 0.3 is 6.03 Å². The fourth-order valence-corrected chi connectivity index (χ4v) is 4.44. The summed E-state index contributed by atoms with van der Waals surface area (Å²) in [5, 5.41) is 8.59. The van der Waals surface area contributed by atoms with Gasteiger partial charge in [-0.05, 0) is 58.4 Å². The minimum absolute atomic E-state index is 0. The predicted molar refractivity (Wildman–Crippen MR) is 130 cm³/mol. The SMILES string of the molecule is CCNC(=NCCc1cc(C)cc(C)c1)N1CCC(C2(C)NC(=O)NC2=O)CC1.I. The predicted octanol–water partition coefficient (Wildman–Crippen LogP) is 2.74. The average molecular weight is 527 g/mol. The van der Waals surface area contributed by atoms with E-state index in [1.54, 1.807) is 0 Å². The molecule has 2 saturated heterocycles. The van der Waals surface area contributed by atoms with Crippen LogP contribution in [0, 0.1) is 19.8 Å². The molecule has 2 fully saturated rings. The minimum atomic E-state index is -0.804. The van der Waals surface area contributed by atoms with Crippen molar-refractivity contribution in [3.05, 3.63) is 34.9 Å². The maximum atomic E-state index is 12.2. The Balaban J connectivity index is 0.00000320. The highest BCUT2D eigenvalue weighted by Gasteiger charge is 2.48. The van der Waals surface area contributed by atoms with Gasteiger partial charge in [-0.3, -0.25) is 15.1 Å². The zero-order valence-electron chi connectivity index (χ0n) is 18.4. The molecule has 0 bridgehead atoms. The van der Waals surface area contributed by atoms with Gasteiger partial charge in [-0.2, -0.15) is 0 Å². The van der Waals surface area contributed by atoms with Crippen molar-refractivity contribution in [2.45, 2.75) is 52.5 Å². The second-order valence-corrected chi connectivity index (χ2v) is 8.35. The fourth-order valence-electron chi connectivity index (χ4n) is 4.44. The first-order valence-electron chi connectivity index (χ1n) is 10.6. The third-order valence-electron chi connectivity index (χ3n) is 5.96. The van der Waals surface area contributed by atoms with E-state index in [4.69, 9.17) is 4.99 Å². The lowest BCUT2D eigenvalue weighted by atomic mass is 9.79. The van der Waals surface area contributed by atoms with Gasteiger partial charge in [0.15, 0.2) is 5.96 Å². The molecule has 2 aliphatic heterocycles. The number of nitrogens with zero attached hydrogens (tertiary/aromatic N) is 2. The van der Waals surface area contributed by atoms with Crippen LogP contribution in [0.2, 0.25) is 0 Å². The summed E-state index contributed by atoms with van der Waals surface area (Å²) in [4.78, 5) is 30.9.